The molecule has 1 atom stereocenters. The topological polar surface area (TPSA) is 28.7 Å². The van der Waals surface area contributed by atoms with Gasteiger partial charge < -0.3 is 4.98 Å². The lowest BCUT2D eigenvalue weighted by molar-refractivity contribution is 0.765. The van der Waals surface area contributed by atoms with Crippen LogP contribution in [0.2, 0.25) is 0 Å². The van der Waals surface area contributed by atoms with Crippen LogP contribution in [0.15, 0.2) is 17.6 Å². The maximum Gasteiger partial charge on any atom is 0.165 e. The van der Waals surface area contributed by atoms with Gasteiger partial charge in [-0.1, -0.05) is 18.7 Å². The number of nitrogens with zero attached hydrogens (tertiary/aromatic N) is 1. The molecular formula is C7H12N2S2. The molecule has 1 heterocycles. The average Bonchev–Trinajstić information content (AvgIpc) is 2.52. The number of imidazole rings is 1. The molecule has 62 valence electrons. The van der Waals surface area contributed by atoms with Gasteiger partial charge in [-0.15, -0.1) is 0 Å². The molecule has 0 fully saturated rings. The van der Waals surface area contributed by atoms with Crippen molar-refractivity contribution in [3.8, 4) is 0 Å². The van der Waals surface area contributed by atoms with Gasteiger partial charge in [0.2, 0.25) is 0 Å². The summed E-state index contributed by atoms with van der Waals surface area (Å²) in [6.07, 6.45) is 3.61. The normalized spacial score (nSPS) is 13.3. The third-order valence-electron chi connectivity index (χ3n) is 1.29. The van der Waals surface area contributed by atoms with E-state index in [4.69, 9.17) is 0 Å². The van der Waals surface area contributed by atoms with Crippen molar-refractivity contribution >= 4 is 24.4 Å². The highest BCUT2D eigenvalue weighted by molar-refractivity contribution is 7.99. The monoisotopic (exact) mass is 188 g/mol. The summed E-state index contributed by atoms with van der Waals surface area (Å²) in [6.45, 7) is 2.18. The van der Waals surface area contributed by atoms with E-state index in [2.05, 4.69) is 29.5 Å². The van der Waals surface area contributed by atoms with Crippen LogP contribution in [-0.2, 0) is 0 Å². The van der Waals surface area contributed by atoms with Gasteiger partial charge in [0.15, 0.2) is 5.16 Å². The SMILES string of the molecule is CC(CS)CSc1ncc[nH]1. The summed E-state index contributed by atoms with van der Waals surface area (Å²) in [5, 5.41) is 0.999. The molecule has 0 aliphatic heterocycles. The van der Waals surface area contributed by atoms with Crippen LogP contribution >= 0.6 is 24.4 Å². The minimum atomic E-state index is 0.647. The molecule has 0 bridgehead atoms. The Balaban J connectivity index is 2.23. The zero-order valence-corrected chi connectivity index (χ0v) is 8.16. The molecule has 4 heteroatoms. The quantitative estimate of drug-likeness (QED) is 0.559. The molecule has 1 rings (SSSR count). The van der Waals surface area contributed by atoms with Crippen LogP contribution in [0.25, 0.3) is 0 Å². The van der Waals surface area contributed by atoms with Crippen molar-refractivity contribution in [2.24, 2.45) is 5.92 Å². The molecule has 0 amide bonds. The fraction of sp³-hybridized carbons (Fsp3) is 0.571. The number of aromatic nitrogens is 2. The highest BCUT2D eigenvalue weighted by atomic mass is 32.2. The van der Waals surface area contributed by atoms with Crippen LogP contribution in [0.5, 0.6) is 0 Å². The number of rotatable bonds is 4. The number of H-pyrrole nitrogens is 1. The van der Waals surface area contributed by atoms with E-state index in [1.165, 1.54) is 0 Å². The first kappa shape index (κ1) is 9.00. The van der Waals surface area contributed by atoms with Crippen molar-refractivity contribution in [2.45, 2.75) is 12.1 Å². The minimum Gasteiger partial charge on any atom is -0.340 e. The second-order valence-electron chi connectivity index (χ2n) is 2.49. The van der Waals surface area contributed by atoms with E-state index < -0.39 is 0 Å². The van der Waals surface area contributed by atoms with Crippen molar-refractivity contribution < 1.29 is 0 Å². The molecule has 1 N–H and O–H groups in total. The Kier molecular flexibility index (Phi) is 3.86. The third-order valence-corrected chi connectivity index (χ3v) is 3.15. The van der Waals surface area contributed by atoms with Crippen LogP contribution in [0.1, 0.15) is 6.92 Å². The second kappa shape index (κ2) is 4.72. The molecule has 0 aromatic carbocycles. The fourth-order valence-corrected chi connectivity index (χ4v) is 1.75. The second-order valence-corrected chi connectivity index (χ2v) is 3.87. The lowest BCUT2D eigenvalue weighted by Gasteiger charge is -2.03. The predicted molar refractivity (Wildman–Crippen MR) is 52.3 cm³/mol. The smallest absolute Gasteiger partial charge is 0.165 e. The Hall–Kier alpha value is -0.0900. The maximum absolute atomic E-state index is 4.20. The fourth-order valence-electron chi connectivity index (χ4n) is 0.604. The summed E-state index contributed by atoms with van der Waals surface area (Å²) >= 11 is 5.95. The molecule has 0 aliphatic carbocycles. The van der Waals surface area contributed by atoms with Crippen molar-refractivity contribution in [3.63, 3.8) is 0 Å². The van der Waals surface area contributed by atoms with Gasteiger partial charge in [0.1, 0.15) is 0 Å². The molecule has 1 aromatic rings. The zero-order chi connectivity index (χ0) is 8.10. The van der Waals surface area contributed by atoms with Gasteiger partial charge >= 0.3 is 0 Å². The molecule has 0 spiro atoms. The van der Waals surface area contributed by atoms with Gasteiger partial charge in [-0.3, -0.25) is 0 Å². The number of aromatic amines is 1. The van der Waals surface area contributed by atoms with E-state index >= 15 is 0 Å². The van der Waals surface area contributed by atoms with E-state index in [1.54, 1.807) is 18.0 Å². The molecule has 11 heavy (non-hydrogen) atoms. The first-order valence-electron chi connectivity index (χ1n) is 3.56. The number of hydrogen-bond acceptors (Lipinski definition) is 3. The lowest BCUT2D eigenvalue weighted by Crippen LogP contribution is -1.99. The third kappa shape index (κ3) is 3.20. The predicted octanol–water partition coefficient (Wildman–Crippen LogP) is 2.07. The minimum absolute atomic E-state index is 0.647. The van der Waals surface area contributed by atoms with Gasteiger partial charge in [-0.2, -0.15) is 12.6 Å². The molecule has 1 aromatic heterocycles. The number of nitrogens with one attached hydrogen (secondary N) is 1. The van der Waals surface area contributed by atoms with Gasteiger partial charge in [0, 0.05) is 18.1 Å². The Labute approximate surface area is 76.6 Å². The van der Waals surface area contributed by atoms with E-state index in [0.29, 0.717) is 5.92 Å². The Morgan fingerprint density at radius 2 is 2.64 bits per heavy atom. The van der Waals surface area contributed by atoms with Crippen LogP contribution in [0.3, 0.4) is 0 Å². The van der Waals surface area contributed by atoms with E-state index in [-0.39, 0.29) is 0 Å². The van der Waals surface area contributed by atoms with E-state index in [9.17, 15) is 0 Å². The molecule has 0 radical (unpaired) electrons. The van der Waals surface area contributed by atoms with Gasteiger partial charge in [0.25, 0.3) is 0 Å². The van der Waals surface area contributed by atoms with Crippen molar-refractivity contribution in [3.05, 3.63) is 12.4 Å². The largest absolute Gasteiger partial charge is 0.340 e. The molecule has 0 saturated heterocycles. The van der Waals surface area contributed by atoms with E-state index in [0.717, 1.165) is 16.7 Å². The summed E-state index contributed by atoms with van der Waals surface area (Å²) in [6, 6.07) is 0. The number of thiol groups is 1. The summed E-state index contributed by atoms with van der Waals surface area (Å²) < 4.78 is 0. The summed E-state index contributed by atoms with van der Waals surface area (Å²) in [5.41, 5.74) is 0. The summed E-state index contributed by atoms with van der Waals surface area (Å²) in [4.78, 5) is 7.15. The van der Waals surface area contributed by atoms with Crippen molar-refractivity contribution in [1.82, 2.24) is 9.97 Å². The van der Waals surface area contributed by atoms with E-state index in [1.807, 2.05) is 6.20 Å². The standard InChI is InChI=1S/C7H12N2S2/c1-6(4-10)5-11-7-8-2-3-9-7/h2-3,6,10H,4-5H2,1H3,(H,8,9). The average molecular weight is 188 g/mol. The van der Waals surface area contributed by atoms with Crippen molar-refractivity contribution in [1.29, 1.82) is 0 Å². The molecule has 0 aliphatic rings. The highest BCUT2D eigenvalue weighted by Gasteiger charge is 2.01. The van der Waals surface area contributed by atoms with Gasteiger partial charge in [0.05, 0.1) is 0 Å². The van der Waals surface area contributed by atoms with Crippen LogP contribution in [0.4, 0.5) is 0 Å². The summed E-state index contributed by atoms with van der Waals surface area (Å²) in [5.74, 6) is 2.67. The molecule has 0 saturated carbocycles. The Morgan fingerprint density at radius 3 is 3.18 bits per heavy atom. The first-order chi connectivity index (χ1) is 5.33. The van der Waals surface area contributed by atoms with Gasteiger partial charge in [-0.05, 0) is 11.7 Å². The Bertz CT molecular complexity index is 186. The van der Waals surface area contributed by atoms with Gasteiger partial charge in [-0.25, -0.2) is 4.98 Å². The van der Waals surface area contributed by atoms with Crippen LogP contribution < -0.4 is 0 Å². The van der Waals surface area contributed by atoms with Crippen LogP contribution in [-0.4, -0.2) is 21.5 Å². The first-order valence-corrected chi connectivity index (χ1v) is 5.17. The molecule has 2 nitrogen and oxygen atoms in total. The molecule has 1 unspecified atom stereocenters. The molecular weight excluding hydrogens is 176 g/mol. The highest BCUT2D eigenvalue weighted by Crippen LogP contribution is 2.16. The number of thioether (sulfide) groups is 1. The Morgan fingerprint density at radius 1 is 1.82 bits per heavy atom. The number of hydrogen-bond donors (Lipinski definition) is 2. The summed E-state index contributed by atoms with van der Waals surface area (Å²) in [7, 11) is 0. The lowest BCUT2D eigenvalue weighted by atomic mass is 10.3. The maximum atomic E-state index is 4.20. The zero-order valence-electron chi connectivity index (χ0n) is 6.45. The van der Waals surface area contributed by atoms with Crippen molar-refractivity contribution in [2.75, 3.05) is 11.5 Å². The van der Waals surface area contributed by atoms with Crippen LogP contribution in [0, 0.1) is 5.92 Å².